The summed E-state index contributed by atoms with van der Waals surface area (Å²) in [6.45, 7) is 6.16. The number of hydrogen-bond donors (Lipinski definition) is 2. The van der Waals surface area contributed by atoms with Crippen molar-refractivity contribution in [2.45, 2.75) is 39.7 Å². The molecule has 1 amide bonds. The predicted molar refractivity (Wildman–Crippen MR) is 90.2 cm³/mol. The van der Waals surface area contributed by atoms with Gasteiger partial charge in [0.05, 0.1) is 0 Å². The van der Waals surface area contributed by atoms with Crippen LogP contribution in [0.5, 0.6) is 0 Å². The number of aliphatic hydroxyl groups excluding tert-OH is 1. The van der Waals surface area contributed by atoms with E-state index in [9.17, 15) is 9.18 Å². The van der Waals surface area contributed by atoms with Crippen molar-refractivity contribution >= 4 is 5.91 Å². The van der Waals surface area contributed by atoms with Gasteiger partial charge >= 0.3 is 0 Å². The highest BCUT2D eigenvalue weighted by atomic mass is 19.1. The molecule has 0 radical (unpaired) electrons. The second kappa shape index (κ2) is 8.15. The first kappa shape index (κ1) is 19.0. The van der Waals surface area contributed by atoms with Gasteiger partial charge in [-0.05, 0) is 46.9 Å². The van der Waals surface area contributed by atoms with E-state index in [1.54, 1.807) is 19.1 Å². The molecular weight excluding hydrogens is 325 g/mol. The molecule has 2 aromatic rings. The van der Waals surface area contributed by atoms with Crippen molar-refractivity contribution in [1.29, 1.82) is 0 Å². The second-order valence-corrected chi connectivity index (χ2v) is 6.87. The molecule has 1 aromatic heterocycles. The Kier molecular flexibility index (Phi) is 6.19. The van der Waals surface area contributed by atoms with Crippen molar-refractivity contribution in [2.24, 2.45) is 5.41 Å². The van der Waals surface area contributed by atoms with Gasteiger partial charge in [-0.1, -0.05) is 26.0 Å². The van der Waals surface area contributed by atoms with Crippen molar-refractivity contribution < 1.29 is 14.3 Å². The van der Waals surface area contributed by atoms with Crippen molar-refractivity contribution in [3.05, 3.63) is 41.5 Å². The number of carbonyl (C=O) groups is 1. The molecule has 25 heavy (non-hydrogen) atoms. The molecule has 0 aliphatic rings. The zero-order valence-electron chi connectivity index (χ0n) is 14.7. The third kappa shape index (κ3) is 5.32. The summed E-state index contributed by atoms with van der Waals surface area (Å²) in [5, 5.41) is 23.4. The summed E-state index contributed by atoms with van der Waals surface area (Å²) in [5.74, 6) is -0.0169. The monoisotopic (exact) mass is 349 g/mol. The van der Waals surface area contributed by atoms with E-state index in [-0.39, 0.29) is 23.7 Å². The van der Waals surface area contributed by atoms with Crippen LogP contribution in [0, 0.1) is 18.2 Å². The molecule has 0 aliphatic carbocycles. The van der Waals surface area contributed by atoms with Crippen molar-refractivity contribution in [2.75, 3.05) is 13.2 Å². The Morgan fingerprint density at radius 1 is 1.36 bits per heavy atom. The fraction of sp³-hybridized carbons (Fsp3) is 0.529. The minimum Gasteiger partial charge on any atom is -0.396 e. The maximum atomic E-state index is 13.1. The third-order valence-corrected chi connectivity index (χ3v) is 4.13. The quantitative estimate of drug-likeness (QED) is 0.752. The van der Waals surface area contributed by atoms with Gasteiger partial charge in [0, 0.05) is 19.6 Å². The molecule has 1 unspecified atom stereocenters. The van der Waals surface area contributed by atoms with Crippen LogP contribution < -0.4 is 5.32 Å². The molecule has 1 atom stereocenters. The minimum atomic E-state index is -0.634. The Morgan fingerprint density at radius 3 is 2.60 bits per heavy atom. The minimum absolute atomic E-state index is 0.0635. The molecule has 2 rings (SSSR count). The smallest absolute Gasteiger partial charge is 0.245 e. The first-order valence-electron chi connectivity index (χ1n) is 8.20. The SMILES string of the molecule is Cc1nnnn1C(Cc1ccc(F)cc1)C(=O)NCC(C)(C)CCO. The lowest BCUT2D eigenvalue weighted by atomic mass is 9.89. The summed E-state index contributed by atoms with van der Waals surface area (Å²) in [6.07, 6.45) is 0.929. The first-order chi connectivity index (χ1) is 11.8. The Balaban J connectivity index is 2.15. The van der Waals surface area contributed by atoms with Gasteiger partial charge in [0.1, 0.15) is 17.7 Å². The number of benzene rings is 1. The lowest BCUT2D eigenvalue weighted by Crippen LogP contribution is -2.40. The molecule has 136 valence electrons. The summed E-state index contributed by atoms with van der Waals surface area (Å²) in [5.41, 5.74) is 0.589. The molecular formula is C17H24FN5O2. The summed E-state index contributed by atoms with van der Waals surface area (Å²) in [6, 6.07) is 5.38. The molecule has 2 N–H and O–H groups in total. The number of nitrogens with one attached hydrogen (secondary N) is 1. The molecule has 0 bridgehead atoms. The molecule has 0 spiro atoms. The number of aromatic nitrogens is 4. The summed E-state index contributed by atoms with van der Waals surface area (Å²) < 4.78 is 14.6. The van der Waals surface area contributed by atoms with Crippen LogP contribution in [0.1, 0.15) is 37.7 Å². The zero-order valence-corrected chi connectivity index (χ0v) is 14.7. The number of carbonyl (C=O) groups excluding carboxylic acids is 1. The van der Waals surface area contributed by atoms with E-state index in [2.05, 4.69) is 20.8 Å². The van der Waals surface area contributed by atoms with Gasteiger partial charge in [0.15, 0.2) is 0 Å². The van der Waals surface area contributed by atoms with Gasteiger partial charge in [-0.15, -0.1) is 5.10 Å². The molecule has 1 heterocycles. The van der Waals surface area contributed by atoms with Gasteiger partial charge in [0.2, 0.25) is 5.91 Å². The van der Waals surface area contributed by atoms with Gasteiger partial charge in [-0.3, -0.25) is 4.79 Å². The normalized spacial score (nSPS) is 12.8. The average molecular weight is 349 g/mol. The molecule has 7 nitrogen and oxygen atoms in total. The van der Waals surface area contributed by atoms with Crippen LogP contribution in [0.2, 0.25) is 0 Å². The zero-order chi connectivity index (χ0) is 18.4. The van der Waals surface area contributed by atoms with E-state index in [1.807, 2.05) is 13.8 Å². The fourth-order valence-electron chi connectivity index (χ4n) is 2.50. The number of aliphatic hydroxyl groups is 1. The van der Waals surface area contributed by atoms with Gasteiger partial charge in [-0.25, -0.2) is 9.07 Å². The van der Waals surface area contributed by atoms with Gasteiger partial charge < -0.3 is 10.4 Å². The lowest BCUT2D eigenvalue weighted by Gasteiger charge is -2.25. The number of amides is 1. The van der Waals surface area contributed by atoms with Crippen LogP contribution in [0.4, 0.5) is 4.39 Å². The molecule has 0 aliphatic heterocycles. The van der Waals surface area contributed by atoms with Crippen LogP contribution in [-0.2, 0) is 11.2 Å². The van der Waals surface area contributed by atoms with E-state index in [0.717, 1.165) is 5.56 Å². The number of aryl methyl sites for hydroxylation is 1. The summed E-state index contributed by atoms with van der Waals surface area (Å²) in [7, 11) is 0. The third-order valence-electron chi connectivity index (χ3n) is 4.13. The topological polar surface area (TPSA) is 92.9 Å². The van der Waals surface area contributed by atoms with E-state index in [1.165, 1.54) is 16.8 Å². The maximum absolute atomic E-state index is 13.1. The Bertz CT molecular complexity index is 699. The largest absolute Gasteiger partial charge is 0.396 e. The standard InChI is InChI=1S/C17H24FN5O2/c1-12-20-21-22-23(12)15(10-13-4-6-14(18)7-5-13)16(25)19-11-17(2,3)8-9-24/h4-7,15,24H,8-11H2,1-3H3,(H,19,25). The van der Waals surface area contributed by atoms with Crippen LogP contribution in [0.25, 0.3) is 0 Å². The summed E-state index contributed by atoms with van der Waals surface area (Å²) >= 11 is 0. The van der Waals surface area contributed by atoms with E-state index < -0.39 is 6.04 Å². The lowest BCUT2D eigenvalue weighted by molar-refractivity contribution is -0.125. The van der Waals surface area contributed by atoms with E-state index >= 15 is 0 Å². The van der Waals surface area contributed by atoms with Crippen LogP contribution >= 0.6 is 0 Å². The highest BCUT2D eigenvalue weighted by Crippen LogP contribution is 2.20. The van der Waals surface area contributed by atoms with Crippen LogP contribution in [0.15, 0.2) is 24.3 Å². The number of tetrazole rings is 1. The average Bonchev–Trinajstić information content (AvgIpc) is 2.98. The summed E-state index contributed by atoms with van der Waals surface area (Å²) in [4.78, 5) is 12.8. The number of hydrogen-bond acceptors (Lipinski definition) is 5. The number of halogens is 1. The Morgan fingerprint density at radius 2 is 2.04 bits per heavy atom. The maximum Gasteiger partial charge on any atom is 0.245 e. The first-order valence-corrected chi connectivity index (χ1v) is 8.20. The van der Waals surface area contributed by atoms with Crippen molar-refractivity contribution in [3.8, 4) is 0 Å². The van der Waals surface area contributed by atoms with Gasteiger partial charge in [0.25, 0.3) is 0 Å². The molecule has 8 heteroatoms. The molecule has 0 saturated carbocycles. The fourth-order valence-corrected chi connectivity index (χ4v) is 2.50. The Hall–Kier alpha value is -2.35. The number of rotatable bonds is 8. The predicted octanol–water partition coefficient (Wildman–Crippen LogP) is 1.43. The second-order valence-electron chi connectivity index (χ2n) is 6.87. The van der Waals surface area contributed by atoms with Crippen molar-refractivity contribution in [1.82, 2.24) is 25.5 Å². The Labute approximate surface area is 146 Å². The molecule has 0 saturated heterocycles. The van der Waals surface area contributed by atoms with Gasteiger partial charge in [-0.2, -0.15) is 0 Å². The van der Waals surface area contributed by atoms with E-state index in [4.69, 9.17) is 5.11 Å². The molecule has 0 fully saturated rings. The van der Waals surface area contributed by atoms with Crippen molar-refractivity contribution in [3.63, 3.8) is 0 Å². The number of nitrogens with zero attached hydrogens (tertiary/aromatic N) is 4. The van der Waals surface area contributed by atoms with Crippen LogP contribution in [-0.4, -0.2) is 44.4 Å². The highest BCUT2D eigenvalue weighted by Gasteiger charge is 2.26. The van der Waals surface area contributed by atoms with E-state index in [0.29, 0.717) is 25.2 Å². The van der Waals surface area contributed by atoms with Crippen LogP contribution in [0.3, 0.4) is 0 Å². The highest BCUT2D eigenvalue weighted by molar-refractivity contribution is 5.80. The molecule has 1 aromatic carbocycles.